The molecule has 1 atom stereocenters. The Morgan fingerprint density at radius 2 is 2.32 bits per heavy atom. The number of rotatable bonds is 6. The summed E-state index contributed by atoms with van der Waals surface area (Å²) < 4.78 is 26.3. The molecule has 0 aliphatic rings. The first-order valence-electron chi connectivity index (χ1n) is 5.56. The van der Waals surface area contributed by atoms with Gasteiger partial charge in [-0.15, -0.1) is 11.3 Å². The highest BCUT2D eigenvalue weighted by Gasteiger charge is 2.24. The molecule has 1 amide bonds. The highest BCUT2D eigenvalue weighted by atomic mass is 32.2. The Morgan fingerprint density at radius 1 is 1.63 bits per heavy atom. The maximum atomic E-state index is 11.9. The van der Waals surface area contributed by atoms with Crippen LogP contribution in [0.25, 0.3) is 0 Å². The van der Waals surface area contributed by atoms with Gasteiger partial charge in [0.15, 0.2) is 0 Å². The summed E-state index contributed by atoms with van der Waals surface area (Å²) in [5, 5.41) is 10.1. The van der Waals surface area contributed by atoms with Crippen LogP contribution in [0.15, 0.2) is 21.7 Å². The maximum absolute atomic E-state index is 11.9. The number of nitriles is 1. The van der Waals surface area contributed by atoms with E-state index in [0.717, 1.165) is 11.3 Å². The molecule has 104 valence electrons. The summed E-state index contributed by atoms with van der Waals surface area (Å²) in [6.45, 7) is 1.76. The Hall–Kier alpha value is -1.43. The molecule has 0 radical (unpaired) electrons. The monoisotopic (exact) mass is 301 g/mol. The van der Waals surface area contributed by atoms with Crippen molar-refractivity contribution in [1.29, 1.82) is 5.26 Å². The number of hydrogen-bond acceptors (Lipinski definition) is 5. The second-order valence-electron chi connectivity index (χ2n) is 3.94. The van der Waals surface area contributed by atoms with E-state index in [9.17, 15) is 13.2 Å². The Morgan fingerprint density at radius 3 is 2.84 bits per heavy atom. The van der Waals surface area contributed by atoms with Gasteiger partial charge in [0, 0.05) is 13.6 Å². The van der Waals surface area contributed by atoms with Crippen molar-refractivity contribution >= 4 is 27.3 Å². The first-order chi connectivity index (χ1) is 8.88. The molecule has 0 bridgehead atoms. The summed E-state index contributed by atoms with van der Waals surface area (Å²) in [4.78, 5) is 13.2. The second-order valence-corrected chi connectivity index (χ2v) is 6.83. The van der Waals surface area contributed by atoms with Crippen LogP contribution in [0.1, 0.15) is 13.3 Å². The highest BCUT2D eigenvalue weighted by molar-refractivity contribution is 7.91. The number of nitrogens with one attached hydrogen (secondary N) is 1. The SMILES string of the molecule is C[C@@H](NS(=O)(=O)c1cccs1)C(=O)N(C)CCC#N. The van der Waals surface area contributed by atoms with Crippen LogP contribution in [0, 0.1) is 11.3 Å². The van der Waals surface area contributed by atoms with Crippen LogP contribution >= 0.6 is 11.3 Å². The van der Waals surface area contributed by atoms with Crippen molar-refractivity contribution < 1.29 is 13.2 Å². The Balaban J connectivity index is 2.67. The molecule has 1 aromatic rings. The topological polar surface area (TPSA) is 90.3 Å². The van der Waals surface area contributed by atoms with E-state index in [0.29, 0.717) is 0 Å². The van der Waals surface area contributed by atoms with Gasteiger partial charge in [0.1, 0.15) is 4.21 Å². The van der Waals surface area contributed by atoms with Crippen molar-refractivity contribution in [1.82, 2.24) is 9.62 Å². The Kier molecular flexibility index (Phi) is 5.47. The van der Waals surface area contributed by atoms with Crippen molar-refractivity contribution in [2.24, 2.45) is 0 Å². The minimum absolute atomic E-state index is 0.173. The third-order valence-corrected chi connectivity index (χ3v) is 5.34. The van der Waals surface area contributed by atoms with Crippen LogP contribution in [0.5, 0.6) is 0 Å². The molecule has 0 saturated carbocycles. The number of carbonyl (C=O) groups excluding carboxylic acids is 1. The molecule has 0 fully saturated rings. The number of amides is 1. The zero-order valence-electron chi connectivity index (χ0n) is 10.7. The molecular formula is C11H15N3O3S2. The lowest BCUT2D eigenvalue weighted by Crippen LogP contribution is -2.45. The van der Waals surface area contributed by atoms with Gasteiger partial charge in [0.2, 0.25) is 5.91 Å². The fraction of sp³-hybridized carbons (Fsp3) is 0.455. The number of likely N-dealkylation sites (N-methyl/N-ethyl adjacent to an activating group) is 1. The molecule has 6 nitrogen and oxygen atoms in total. The zero-order chi connectivity index (χ0) is 14.5. The van der Waals surface area contributed by atoms with Crippen molar-refractivity contribution in [3.63, 3.8) is 0 Å². The van der Waals surface area contributed by atoms with Gasteiger partial charge in [-0.05, 0) is 18.4 Å². The maximum Gasteiger partial charge on any atom is 0.250 e. The van der Waals surface area contributed by atoms with Crippen molar-refractivity contribution in [2.45, 2.75) is 23.6 Å². The molecule has 1 rings (SSSR count). The highest BCUT2D eigenvalue weighted by Crippen LogP contribution is 2.15. The van der Waals surface area contributed by atoms with E-state index in [-0.39, 0.29) is 23.1 Å². The lowest BCUT2D eigenvalue weighted by atomic mass is 10.3. The third-order valence-electron chi connectivity index (χ3n) is 2.40. The normalized spacial score (nSPS) is 12.7. The fourth-order valence-electron chi connectivity index (χ4n) is 1.42. The predicted octanol–water partition coefficient (Wildman–Crippen LogP) is 0.787. The average molecular weight is 301 g/mol. The van der Waals surface area contributed by atoms with Crippen LogP contribution in [0.4, 0.5) is 0 Å². The largest absolute Gasteiger partial charge is 0.343 e. The minimum Gasteiger partial charge on any atom is -0.343 e. The fourth-order valence-corrected chi connectivity index (χ4v) is 3.62. The first kappa shape index (κ1) is 15.6. The number of thiophene rings is 1. The van der Waals surface area contributed by atoms with E-state index in [1.807, 2.05) is 6.07 Å². The van der Waals surface area contributed by atoms with Gasteiger partial charge in [-0.2, -0.15) is 9.98 Å². The molecule has 1 aromatic heterocycles. The second kappa shape index (κ2) is 6.65. The van der Waals surface area contributed by atoms with E-state index in [1.165, 1.54) is 24.9 Å². The Bertz CT molecular complexity index is 561. The standard InChI is InChI=1S/C11H15N3O3S2/c1-9(11(15)14(2)7-4-6-12)13-19(16,17)10-5-3-8-18-10/h3,5,8-9,13H,4,7H2,1-2H3/t9-/m1/s1. The lowest BCUT2D eigenvalue weighted by Gasteiger charge is -2.20. The third kappa shape index (κ3) is 4.31. The summed E-state index contributed by atoms with van der Waals surface area (Å²) >= 11 is 1.09. The number of sulfonamides is 1. The number of nitrogens with zero attached hydrogens (tertiary/aromatic N) is 2. The van der Waals surface area contributed by atoms with Crippen molar-refractivity contribution in [3.8, 4) is 6.07 Å². The van der Waals surface area contributed by atoms with Gasteiger partial charge < -0.3 is 4.90 Å². The molecule has 0 spiro atoms. The molecule has 0 aromatic carbocycles. The quantitative estimate of drug-likeness (QED) is 0.841. The molecule has 0 aliphatic heterocycles. The smallest absolute Gasteiger partial charge is 0.250 e. The van der Waals surface area contributed by atoms with Crippen LogP contribution in [0.2, 0.25) is 0 Å². The first-order valence-corrected chi connectivity index (χ1v) is 7.92. The van der Waals surface area contributed by atoms with Gasteiger partial charge in [-0.1, -0.05) is 6.07 Å². The number of carbonyl (C=O) groups is 1. The van der Waals surface area contributed by atoms with Gasteiger partial charge in [0.05, 0.1) is 18.5 Å². The lowest BCUT2D eigenvalue weighted by molar-refractivity contribution is -0.131. The molecule has 1 N–H and O–H groups in total. The van der Waals surface area contributed by atoms with E-state index in [2.05, 4.69) is 4.72 Å². The van der Waals surface area contributed by atoms with Crippen molar-refractivity contribution in [2.75, 3.05) is 13.6 Å². The van der Waals surface area contributed by atoms with Gasteiger partial charge in [-0.25, -0.2) is 8.42 Å². The van der Waals surface area contributed by atoms with Crippen LogP contribution in [-0.4, -0.2) is 38.9 Å². The van der Waals surface area contributed by atoms with Crippen molar-refractivity contribution in [3.05, 3.63) is 17.5 Å². The molecular weight excluding hydrogens is 286 g/mol. The van der Waals surface area contributed by atoms with E-state index >= 15 is 0 Å². The van der Waals surface area contributed by atoms with Crippen LogP contribution in [0.3, 0.4) is 0 Å². The molecule has 0 aliphatic carbocycles. The average Bonchev–Trinajstić information content (AvgIpc) is 2.88. The van der Waals surface area contributed by atoms with E-state index < -0.39 is 16.1 Å². The summed E-state index contributed by atoms with van der Waals surface area (Å²) in [7, 11) is -2.12. The van der Waals surface area contributed by atoms with Gasteiger partial charge in [0.25, 0.3) is 10.0 Å². The summed E-state index contributed by atoms with van der Waals surface area (Å²) in [5.41, 5.74) is 0. The summed E-state index contributed by atoms with van der Waals surface area (Å²) in [6.07, 6.45) is 0.215. The van der Waals surface area contributed by atoms with Gasteiger partial charge in [-0.3, -0.25) is 4.79 Å². The molecule has 8 heteroatoms. The van der Waals surface area contributed by atoms with Gasteiger partial charge >= 0.3 is 0 Å². The molecule has 0 saturated heterocycles. The minimum atomic E-state index is -3.66. The van der Waals surface area contributed by atoms with Crippen LogP contribution < -0.4 is 4.72 Å². The van der Waals surface area contributed by atoms with Crippen LogP contribution in [-0.2, 0) is 14.8 Å². The summed E-state index contributed by atoms with van der Waals surface area (Å²) in [5.74, 6) is -0.365. The van der Waals surface area contributed by atoms with E-state index in [1.54, 1.807) is 11.4 Å². The van der Waals surface area contributed by atoms with E-state index in [4.69, 9.17) is 5.26 Å². The predicted molar refractivity (Wildman–Crippen MR) is 72.0 cm³/mol. The molecule has 19 heavy (non-hydrogen) atoms. The molecule has 0 unspecified atom stereocenters. The zero-order valence-corrected chi connectivity index (χ0v) is 12.3. The summed E-state index contributed by atoms with van der Waals surface area (Å²) in [6, 6.07) is 4.17. The molecule has 1 heterocycles. The number of hydrogen-bond donors (Lipinski definition) is 1. The Labute approximate surface area is 116 Å².